The lowest BCUT2D eigenvalue weighted by Gasteiger charge is -2.01. The highest BCUT2D eigenvalue weighted by Gasteiger charge is 2.21. The predicted octanol–water partition coefficient (Wildman–Crippen LogP) is 0.621. The van der Waals surface area contributed by atoms with Crippen molar-refractivity contribution in [2.75, 3.05) is 18.4 Å². The van der Waals surface area contributed by atoms with Crippen molar-refractivity contribution in [2.45, 2.75) is 14.4 Å². The number of anilines is 1. The monoisotopic (exact) mass is 214 g/mol. The molecular weight excluding hydrogens is 199 g/mol. The average molecular weight is 214 g/mol. The molecule has 0 saturated carbocycles. The van der Waals surface area contributed by atoms with Gasteiger partial charge in [0.15, 0.2) is 11.5 Å². The molecule has 2 N–H and O–H groups in total. The topological polar surface area (TPSA) is 59.0 Å². The molecule has 0 radical (unpaired) electrons. The standard InChI is InChI=1S/C7H11N4OP.CH4/c1-4-10-6-5(11(4)13)7(12)9-3-2-8-6;/h8H,2-3,13H2,1H3,(H,9,12);1H4. The fourth-order valence-corrected chi connectivity index (χ4v) is 1.62. The second-order valence-electron chi connectivity index (χ2n) is 2.91. The Labute approximate surface area is 85.5 Å². The van der Waals surface area contributed by atoms with Crippen molar-refractivity contribution in [2.24, 2.45) is 0 Å². The number of imidazole rings is 1. The predicted molar refractivity (Wildman–Crippen MR) is 59.6 cm³/mol. The van der Waals surface area contributed by atoms with E-state index in [0.717, 1.165) is 12.4 Å². The zero-order valence-electron chi connectivity index (χ0n) is 7.29. The van der Waals surface area contributed by atoms with Crippen LogP contribution in [0.15, 0.2) is 0 Å². The SMILES string of the molecule is C.Cc1nc2c(n1P)C(=O)NCCN2. The average Bonchev–Trinajstić information content (AvgIpc) is 2.29. The summed E-state index contributed by atoms with van der Waals surface area (Å²) in [5, 5.41) is 5.87. The minimum atomic E-state index is -0.0735. The molecule has 0 saturated heterocycles. The summed E-state index contributed by atoms with van der Waals surface area (Å²) in [5.74, 6) is 1.40. The van der Waals surface area contributed by atoms with Gasteiger partial charge in [-0.15, -0.1) is 0 Å². The minimum Gasteiger partial charge on any atom is -0.366 e. The van der Waals surface area contributed by atoms with Crippen molar-refractivity contribution < 1.29 is 4.79 Å². The van der Waals surface area contributed by atoms with E-state index >= 15 is 0 Å². The molecule has 0 bridgehead atoms. The molecule has 0 spiro atoms. The third-order valence-corrected chi connectivity index (χ3v) is 2.64. The summed E-state index contributed by atoms with van der Waals surface area (Å²) in [6.07, 6.45) is 0. The van der Waals surface area contributed by atoms with Crippen LogP contribution in [-0.4, -0.2) is 28.3 Å². The Kier molecular flexibility index (Phi) is 3.11. The molecule has 1 amide bonds. The zero-order chi connectivity index (χ0) is 9.42. The van der Waals surface area contributed by atoms with E-state index in [2.05, 4.69) is 25.0 Å². The molecule has 1 unspecified atom stereocenters. The van der Waals surface area contributed by atoms with Crippen molar-refractivity contribution in [1.82, 2.24) is 14.6 Å². The minimum absolute atomic E-state index is 0. The van der Waals surface area contributed by atoms with Crippen LogP contribution in [-0.2, 0) is 0 Å². The van der Waals surface area contributed by atoms with Crippen molar-refractivity contribution >= 4 is 21.1 Å². The van der Waals surface area contributed by atoms with Crippen LogP contribution in [0.2, 0.25) is 0 Å². The van der Waals surface area contributed by atoms with Crippen LogP contribution in [0.25, 0.3) is 0 Å². The number of fused-ring (bicyclic) bond motifs is 1. The number of carbonyl (C=O) groups is 1. The molecule has 1 aromatic heterocycles. The summed E-state index contributed by atoms with van der Waals surface area (Å²) in [7, 11) is 2.47. The van der Waals surface area contributed by atoms with Gasteiger partial charge in [-0.2, -0.15) is 0 Å². The molecule has 14 heavy (non-hydrogen) atoms. The number of amides is 1. The van der Waals surface area contributed by atoms with E-state index in [4.69, 9.17) is 0 Å². The first-order valence-corrected chi connectivity index (χ1v) is 4.58. The third kappa shape index (κ3) is 1.60. The molecule has 6 heteroatoms. The highest BCUT2D eigenvalue weighted by Crippen LogP contribution is 2.20. The summed E-state index contributed by atoms with van der Waals surface area (Å²) < 4.78 is 1.71. The Morgan fingerprint density at radius 2 is 2.07 bits per heavy atom. The first kappa shape index (κ1) is 11.0. The second-order valence-corrected chi connectivity index (χ2v) is 3.43. The van der Waals surface area contributed by atoms with Crippen LogP contribution in [0.4, 0.5) is 5.82 Å². The van der Waals surface area contributed by atoms with Gasteiger partial charge in [-0.25, -0.2) is 4.98 Å². The highest BCUT2D eigenvalue weighted by molar-refractivity contribution is 7.14. The fraction of sp³-hybridized carbons (Fsp3) is 0.500. The highest BCUT2D eigenvalue weighted by atomic mass is 31.0. The van der Waals surface area contributed by atoms with Crippen LogP contribution in [0.5, 0.6) is 0 Å². The van der Waals surface area contributed by atoms with E-state index in [0.29, 0.717) is 18.1 Å². The lowest BCUT2D eigenvalue weighted by atomic mass is 10.4. The number of hydrogen-bond acceptors (Lipinski definition) is 3. The number of hydrogen-bond donors (Lipinski definition) is 2. The van der Waals surface area contributed by atoms with Crippen LogP contribution < -0.4 is 10.6 Å². The van der Waals surface area contributed by atoms with Gasteiger partial charge in [-0.1, -0.05) is 7.43 Å². The maximum atomic E-state index is 11.5. The molecule has 0 fully saturated rings. The lowest BCUT2D eigenvalue weighted by Crippen LogP contribution is -2.25. The smallest absolute Gasteiger partial charge is 0.272 e. The number of rotatable bonds is 0. The summed E-state index contributed by atoms with van der Waals surface area (Å²) in [4.78, 5) is 15.7. The third-order valence-electron chi connectivity index (χ3n) is 2.01. The van der Waals surface area contributed by atoms with Gasteiger partial charge in [0, 0.05) is 13.1 Å². The van der Waals surface area contributed by atoms with Crippen molar-refractivity contribution in [3.63, 3.8) is 0 Å². The van der Waals surface area contributed by atoms with E-state index in [9.17, 15) is 4.79 Å². The fourth-order valence-electron chi connectivity index (χ4n) is 1.33. The maximum absolute atomic E-state index is 11.5. The number of aromatic nitrogens is 2. The Morgan fingerprint density at radius 3 is 2.79 bits per heavy atom. The molecule has 1 aliphatic heterocycles. The largest absolute Gasteiger partial charge is 0.366 e. The molecule has 78 valence electrons. The van der Waals surface area contributed by atoms with Gasteiger partial charge in [-0.05, 0) is 16.3 Å². The van der Waals surface area contributed by atoms with Crippen LogP contribution in [0.3, 0.4) is 0 Å². The summed E-state index contributed by atoms with van der Waals surface area (Å²) in [6, 6.07) is 0. The van der Waals surface area contributed by atoms with Crippen molar-refractivity contribution in [1.29, 1.82) is 0 Å². The normalized spacial score (nSPS) is 14.6. The zero-order valence-corrected chi connectivity index (χ0v) is 8.45. The molecule has 5 nitrogen and oxygen atoms in total. The number of nitrogens with one attached hydrogen (secondary N) is 2. The first-order valence-electron chi connectivity index (χ1n) is 4.06. The molecular formula is C8H15N4OP. The van der Waals surface area contributed by atoms with Gasteiger partial charge in [0.25, 0.3) is 5.91 Å². The van der Waals surface area contributed by atoms with Crippen LogP contribution >= 0.6 is 9.39 Å². The van der Waals surface area contributed by atoms with Gasteiger partial charge in [0.05, 0.1) is 0 Å². The van der Waals surface area contributed by atoms with Crippen molar-refractivity contribution in [3.8, 4) is 0 Å². The molecule has 1 aromatic rings. The Hall–Kier alpha value is -1.09. The number of aryl methyl sites for hydroxylation is 1. The number of nitrogens with zero attached hydrogens (tertiary/aromatic N) is 2. The maximum Gasteiger partial charge on any atom is 0.272 e. The van der Waals surface area contributed by atoms with Gasteiger partial charge in [-0.3, -0.25) is 4.79 Å². The van der Waals surface area contributed by atoms with Crippen molar-refractivity contribution in [3.05, 3.63) is 11.5 Å². The quantitative estimate of drug-likeness (QED) is 0.622. The second kappa shape index (κ2) is 3.96. The van der Waals surface area contributed by atoms with E-state index in [1.165, 1.54) is 0 Å². The Morgan fingerprint density at radius 1 is 1.43 bits per heavy atom. The molecule has 1 aliphatic rings. The first-order chi connectivity index (χ1) is 6.20. The lowest BCUT2D eigenvalue weighted by molar-refractivity contribution is 0.0952. The summed E-state index contributed by atoms with van der Waals surface area (Å²) >= 11 is 0. The number of carbonyl (C=O) groups excluding carboxylic acids is 1. The van der Waals surface area contributed by atoms with Gasteiger partial charge in [0.2, 0.25) is 0 Å². The van der Waals surface area contributed by atoms with E-state index < -0.39 is 0 Å². The molecule has 2 heterocycles. The molecule has 0 aromatic carbocycles. The molecule has 2 rings (SSSR count). The van der Waals surface area contributed by atoms with Gasteiger partial charge < -0.3 is 15.0 Å². The molecule has 1 atom stereocenters. The summed E-state index contributed by atoms with van der Waals surface area (Å²) in [6.45, 7) is 3.22. The van der Waals surface area contributed by atoms with E-state index in [1.54, 1.807) is 4.34 Å². The summed E-state index contributed by atoms with van der Waals surface area (Å²) in [5.41, 5.74) is 0.583. The van der Waals surface area contributed by atoms with Gasteiger partial charge >= 0.3 is 0 Å². The Bertz CT molecular complexity index is 360. The van der Waals surface area contributed by atoms with Gasteiger partial charge in [0.1, 0.15) is 5.82 Å². The Balaban J connectivity index is 0.000000980. The molecule has 0 aliphatic carbocycles. The van der Waals surface area contributed by atoms with E-state index in [-0.39, 0.29) is 13.3 Å². The van der Waals surface area contributed by atoms with Crippen LogP contribution in [0, 0.1) is 6.92 Å². The van der Waals surface area contributed by atoms with E-state index in [1.807, 2.05) is 6.92 Å². The van der Waals surface area contributed by atoms with Crippen LogP contribution in [0.1, 0.15) is 23.7 Å².